The molecule has 0 aliphatic carbocycles. The zero-order valence-electron chi connectivity index (χ0n) is 10.5. The van der Waals surface area contributed by atoms with Gasteiger partial charge in [0.05, 0.1) is 10.4 Å². The van der Waals surface area contributed by atoms with E-state index in [1.807, 2.05) is 6.07 Å². The lowest BCUT2D eigenvalue weighted by Gasteiger charge is -2.34. The molecule has 1 aliphatic rings. The molecule has 0 bridgehead atoms. The second kappa shape index (κ2) is 5.70. The lowest BCUT2D eigenvalue weighted by Crippen LogP contribution is -2.42. The molecule has 0 radical (unpaired) electrons. The van der Waals surface area contributed by atoms with E-state index in [1.54, 1.807) is 11.3 Å². The molecule has 2 rings (SSSR count). The average Bonchev–Trinajstić information content (AvgIpc) is 2.90. The van der Waals surface area contributed by atoms with Gasteiger partial charge in [-0.05, 0) is 44.9 Å². The third-order valence-corrected chi connectivity index (χ3v) is 5.03. The highest BCUT2D eigenvalue weighted by Gasteiger charge is 2.32. The Morgan fingerprint density at radius 3 is 2.82 bits per heavy atom. The van der Waals surface area contributed by atoms with Crippen LogP contribution in [0.2, 0.25) is 4.34 Å². The fraction of sp³-hybridized carbons (Fsp3) is 0.692. The van der Waals surface area contributed by atoms with Crippen molar-refractivity contribution in [2.45, 2.75) is 51.2 Å². The first-order chi connectivity index (χ1) is 8.13. The zero-order valence-corrected chi connectivity index (χ0v) is 12.1. The molecular weight excluding hydrogens is 252 g/mol. The van der Waals surface area contributed by atoms with Gasteiger partial charge in [-0.2, -0.15) is 0 Å². The van der Waals surface area contributed by atoms with Crippen LogP contribution in [0.3, 0.4) is 0 Å². The highest BCUT2D eigenvalue weighted by atomic mass is 35.5. The molecule has 4 heteroatoms. The minimum absolute atomic E-state index is 0.199. The first-order valence-corrected chi connectivity index (χ1v) is 7.59. The molecule has 0 spiro atoms. The van der Waals surface area contributed by atoms with Crippen LogP contribution in [0, 0.1) is 0 Å². The van der Waals surface area contributed by atoms with Gasteiger partial charge in [0.2, 0.25) is 0 Å². The Labute approximate surface area is 113 Å². The van der Waals surface area contributed by atoms with E-state index in [0.29, 0.717) is 12.1 Å². The summed E-state index contributed by atoms with van der Waals surface area (Å²) in [5.41, 5.74) is 6.32. The van der Waals surface area contributed by atoms with Crippen LogP contribution in [-0.2, 0) is 0 Å². The normalized spacial score (nSPS) is 25.1. The molecule has 1 aromatic heterocycles. The second-order valence-corrected chi connectivity index (χ2v) is 6.63. The molecule has 0 amide bonds. The third kappa shape index (κ3) is 2.84. The largest absolute Gasteiger partial charge is 0.326 e. The minimum atomic E-state index is 0.199. The van der Waals surface area contributed by atoms with Crippen molar-refractivity contribution in [1.82, 2.24) is 4.90 Å². The van der Waals surface area contributed by atoms with Gasteiger partial charge in [-0.25, -0.2) is 0 Å². The summed E-state index contributed by atoms with van der Waals surface area (Å²) in [4.78, 5) is 3.87. The third-order valence-electron chi connectivity index (χ3n) is 3.72. The SMILES string of the molecule is CCC(N)C(c1ccc(Cl)s1)N1CCCC1C. The zero-order chi connectivity index (χ0) is 12.4. The number of thiophene rings is 1. The van der Waals surface area contributed by atoms with Crippen molar-refractivity contribution < 1.29 is 0 Å². The Morgan fingerprint density at radius 2 is 2.35 bits per heavy atom. The second-order valence-electron chi connectivity index (χ2n) is 4.89. The molecule has 3 unspecified atom stereocenters. The van der Waals surface area contributed by atoms with E-state index in [1.165, 1.54) is 17.7 Å². The molecule has 0 aromatic carbocycles. The van der Waals surface area contributed by atoms with E-state index in [2.05, 4.69) is 24.8 Å². The summed E-state index contributed by atoms with van der Waals surface area (Å²) in [5, 5.41) is 0. The first kappa shape index (κ1) is 13.3. The maximum Gasteiger partial charge on any atom is 0.0931 e. The Morgan fingerprint density at radius 1 is 1.59 bits per heavy atom. The Balaban J connectivity index is 2.24. The Bertz CT molecular complexity index is 366. The van der Waals surface area contributed by atoms with Crippen LogP contribution in [0.1, 0.15) is 44.0 Å². The predicted molar refractivity (Wildman–Crippen MR) is 75.7 cm³/mol. The topological polar surface area (TPSA) is 29.3 Å². The highest BCUT2D eigenvalue weighted by Crippen LogP contribution is 2.36. The molecule has 96 valence electrons. The molecular formula is C13H21ClN2S. The quantitative estimate of drug-likeness (QED) is 0.906. The van der Waals surface area contributed by atoms with Crippen molar-refractivity contribution in [1.29, 1.82) is 0 Å². The van der Waals surface area contributed by atoms with E-state index < -0.39 is 0 Å². The van der Waals surface area contributed by atoms with Crippen molar-refractivity contribution in [2.24, 2.45) is 5.73 Å². The highest BCUT2D eigenvalue weighted by molar-refractivity contribution is 7.16. The maximum absolute atomic E-state index is 6.32. The van der Waals surface area contributed by atoms with Crippen LogP contribution in [0.4, 0.5) is 0 Å². The van der Waals surface area contributed by atoms with Gasteiger partial charge in [0, 0.05) is 17.0 Å². The lowest BCUT2D eigenvalue weighted by atomic mass is 10.0. The summed E-state index contributed by atoms with van der Waals surface area (Å²) in [7, 11) is 0. The van der Waals surface area contributed by atoms with Gasteiger partial charge >= 0.3 is 0 Å². The van der Waals surface area contributed by atoms with Crippen molar-refractivity contribution >= 4 is 22.9 Å². The van der Waals surface area contributed by atoms with Crippen LogP contribution in [-0.4, -0.2) is 23.5 Å². The number of halogens is 1. The average molecular weight is 273 g/mol. The molecule has 1 aromatic rings. The lowest BCUT2D eigenvalue weighted by molar-refractivity contribution is 0.166. The van der Waals surface area contributed by atoms with Gasteiger partial charge in [-0.15, -0.1) is 11.3 Å². The first-order valence-electron chi connectivity index (χ1n) is 6.40. The summed E-state index contributed by atoms with van der Waals surface area (Å²) in [6.07, 6.45) is 3.57. The number of hydrogen-bond acceptors (Lipinski definition) is 3. The molecule has 2 nitrogen and oxygen atoms in total. The van der Waals surface area contributed by atoms with Gasteiger partial charge in [-0.3, -0.25) is 4.90 Å². The van der Waals surface area contributed by atoms with Crippen LogP contribution in [0.15, 0.2) is 12.1 Å². The number of rotatable bonds is 4. The van der Waals surface area contributed by atoms with Crippen LogP contribution < -0.4 is 5.73 Å². The van der Waals surface area contributed by atoms with Gasteiger partial charge < -0.3 is 5.73 Å². The van der Waals surface area contributed by atoms with E-state index in [9.17, 15) is 0 Å². The molecule has 1 fully saturated rings. The molecule has 1 aliphatic heterocycles. The molecule has 3 atom stereocenters. The van der Waals surface area contributed by atoms with E-state index in [0.717, 1.165) is 17.3 Å². The van der Waals surface area contributed by atoms with Crippen LogP contribution in [0.25, 0.3) is 0 Å². The Kier molecular flexibility index (Phi) is 4.47. The van der Waals surface area contributed by atoms with Gasteiger partial charge in [0.25, 0.3) is 0 Å². The Hall–Kier alpha value is -0.0900. The van der Waals surface area contributed by atoms with Crippen molar-refractivity contribution in [3.05, 3.63) is 21.3 Å². The van der Waals surface area contributed by atoms with E-state index >= 15 is 0 Å². The van der Waals surface area contributed by atoms with Crippen molar-refractivity contribution in [3.8, 4) is 0 Å². The molecule has 0 saturated carbocycles. The molecule has 2 heterocycles. The standard InChI is InChI=1S/C13H21ClN2S/c1-3-10(15)13(11-6-7-12(14)17-11)16-8-4-5-9(16)2/h6-7,9-10,13H,3-5,8,15H2,1-2H3. The van der Waals surface area contributed by atoms with Gasteiger partial charge in [0.1, 0.15) is 0 Å². The summed E-state index contributed by atoms with van der Waals surface area (Å²) < 4.78 is 0.861. The number of nitrogens with zero attached hydrogens (tertiary/aromatic N) is 1. The molecule has 2 N–H and O–H groups in total. The van der Waals surface area contributed by atoms with Crippen LogP contribution >= 0.6 is 22.9 Å². The number of nitrogens with two attached hydrogens (primary N) is 1. The molecule has 17 heavy (non-hydrogen) atoms. The predicted octanol–water partition coefficient (Wildman–Crippen LogP) is 3.66. The van der Waals surface area contributed by atoms with Crippen LogP contribution in [0.5, 0.6) is 0 Å². The number of hydrogen-bond donors (Lipinski definition) is 1. The molecule has 1 saturated heterocycles. The van der Waals surface area contributed by atoms with Gasteiger partial charge in [0.15, 0.2) is 0 Å². The maximum atomic E-state index is 6.32. The number of likely N-dealkylation sites (tertiary alicyclic amines) is 1. The minimum Gasteiger partial charge on any atom is -0.326 e. The van der Waals surface area contributed by atoms with E-state index in [4.69, 9.17) is 17.3 Å². The van der Waals surface area contributed by atoms with Crippen molar-refractivity contribution in [3.63, 3.8) is 0 Å². The summed E-state index contributed by atoms with van der Waals surface area (Å²) in [6, 6.07) is 5.30. The monoisotopic (exact) mass is 272 g/mol. The summed E-state index contributed by atoms with van der Waals surface area (Å²) >= 11 is 7.73. The fourth-order valence-corrected chi connectivity index (χ4v) is 3.96. The smallest absolute Gasteiger partial charge is 0.0931 e. The summed E-state index contributed by atoms with van der Waals surface area (Å²) in [5.74, 6) is 0. The summed E-state index contributed by atoms with van der Waals surface area (Å²) in [6.45, 7) is 5.63. The van der Waals surface area contributed by atoms with E-state index in [-0.39, 0.29) is 6.04 Å². The van der Waals surface area contributed by atoms with Gasteiger partial charge in [-0.1, -0.05) is 18.5 Å². The van der Waals surface area contributed by atoms with Crippen molar-refractivity contribution in [2.75, 3.05) is 6.54 Å². The fourth-order valence-electron chi connectivity index (χ4n) is 2.70.